The van der Waals surface area contributed by atoms with E-state index in [1.165, 1.54) is 25.7 Å². The van der Waals surface area contributed by atoms with Crippen LogP contribution in [0, 0.1) is 11.8 Å². The molecule has 2 atom stereocenters. The average molecular weight is 269 g/mol. The van der Waals surface area contributed by atoms with Gasteiger partial charge in [-0.3, -0.25) is 9.69 Å². The average Bonchev–Trinajstić information content (AvgIpc) is 3.12. The first-order valence-corrected chi connectivity index (χ1v) is 7.52. The molecule has 0 radical (unpaired) electrons. The molecule has 1 aliphatic heterocycles. The Morgan fingerprint density at radius 3 is 2.74 bits per heavy atom. The van der Waals surface area contributed by atoms with Crippen molar-refractivity contribution in [2.24, 2.45) is 17.6 Å². The third kappa shape index (κ3) is 5.47. The van der Waals surface area contributed by atoms with E-state index in [-0.39, 0.29) is 12.5 Å². The molecule has 19 heavy (non-hydrogen) atoms. The summed E-state index contributed by atoms with van der Waals surface area (Å²) in [6.45, 7) is 3.37. The van der Waals surface area contributed by atoms with E-state index >= 15 is 0 Å². The van der Waals surface area contributed by atoms with Gasteiger partial charge in [0.25, 0.3) is 0 Å². The SMILES string of the molecule is NC(=O)CN1CC(CC2CC2)CC(NCCCO)C1. The van der Waals surface area contributed by atoms with E-state index in [2.05, 4.69) is 10.2 Å². The molecule has 1 heterocycles. The second-order valence-corrected chi connectivity index (χ2v) is 6.17. The van der Waals surface area contributed by atoms with E-state index in [0.29, 0.717) is 18.5 Å². The van der Waals surface area contributed by atoms with Gasteiger partial charge in [-0.15, -0.1) is 0 Å². The number of piperidine rings is 1. The second-order valence-electron chi connectivity index (χ2n) is 6.17. The molecule has 1 amide bonds. The Kier molecular flexibility index (Phi) is 5.60. The van der Waals surface area contributed by atoms with Crippen LogP contribution in [0.15, 0.2) is 0 Å². The lowest BCUT2D eigenvalue weighted by molar-refractivity contribution is -0.119. The predicted molar refractivity (Wildman–Crippen MR) is 74.6 cm³/mol. The minimum Gasteiger partial charge on any atom is -0.396 e. The number of amides is 1. The van der Waals surface area contributed by atoms with Gasteiger partial charge in [-0.2, -0.15) is 0 Å². The maximum absolute atomic E-state index is 11.1. The monoisotopic (exact) mass is 269 g/mol. The van der Waals surface area contributed by atoms with Crippen LogP contribution >= 0.6 is 0 Å². The van der Waals surface area contributed by atoms with E-state index in [1.807, 2.05) is 0 Å². The van der Waals surface area contributed by atoms with Gasteiger partial charge in [0, 0.05) is 25.7 Å². The summed E-state index contributed by atoms with van der Waals surface area (Å²) in [5.41, 5.74) is 5.32. The molecule has 1 saturated heterocycles. The number of hydrogen-bond acceptors (Lipinski definition) is 4. The van der Waals surface area contributed by atoms with Crippen molar-refractivity contribution >= 4 is 5.91 Å². The molecule has 0 bridgehead atoms. The van der Waals surface area contributed by atoms with Crippen LogP contribution in [-0.2, 0) is 4.79 Å². The van der Waals surface area contributed by atoms with Crippen LogP contribution in [0.25, 0.3) is 0 Å². The molecule has 5 heteroatoms. The zero-order valence-corrected chi connectivity index (χ0v) is 11.7. The van der Waals surface area contributed by atoms with Crippen LogP contribution in [0.2, 0.25) is 0 Å². The highest BCUT2D eigenvalue weighted by molar-refractivity contribution is 5.75. The normalized spacial score (nSPS) is 28.5. The second kappa shape index (κ2) is 7.22. The number of carbonyl (C=O) groups excluding carboxylic acids is 1. The van der Waals surface area contributed by atoms with E-state index in [1.54, 1.807) is 0 Å². The van der Waals surface area contributed by atoms with Gasteiger partial charge in [0.1, 0.15) is 0 Å². The number of aliphatic hydroxyl groups excluding tert-OH is 1. The van der Waals surface area contributed by atoms with Gasteiger partial charge in [-0.05, 0) is 37.6 Å². The van der Waals surface area contributed by atoms with Crippen LogP contribution < -0.4 is 11.1 Å². The van der Waals surface area contributed by atoms with E-state index in [9.17, 15) is 4.79 Å². The van der Waals surface area contributed by atoms with Crippen molar-refractivity contribution < 1.29 is 9.90 Å². The standard InChI is InChI=1S/C14H27N3O2/c15-14(19)10-17-8-12(6-11-2-3-11)7-13(9-17)16-4-1-5-18/h11-13,16,18H,1-10H2,(H2,15,19). The Hall–Kier alpha value is -0.650. The van der Waals surface area contributed by atoms with E-state index in [0.717, 1.165) is 32.0 Å². The molecule has 2 fully saturated rings. The Bertz CT molecular complexity index is 294. The number of nitrogens with two attached hydrogens (primary N) is 1. The summed E-state index contributed by atoms with van der Waals surface area (Å²) >= 11 is 0. The highest BCUT2D eigenvalue weighted by atomic mass is 16.3. The lowest BCUT2D eigenvalue weighted by atomic mass is 9.89. The molecule has 2 aliphatic rings. The highest BCUT2D eigenvalue weighted by Crippen LogP contribution is 2.37. The summed E-state index contributed by atoms with van der Waals surface area (Å²) < 4.78 is 0. The lowest BCUT2D eigenvalue weighted by Crippen LogP contribution is -2.51. The number of hydrogen-bond donors (Lipinski definition) is 3. The minimum atomic E-state index is -0.235. The van der Waals surface area contributed by atoms with Gasteiger partial charge in [-0.1, -0.05) is 12.8 Å². The van der Waals surface area contributed by atoms with Crippen molar-refractivity contribution in [2.75, 3.05) is 32.8 Å². The fourth-order valence-corrected chi connectivity index (χ4v) is 3.18. The number of rotatable bonds is 8. The zero-order chi connectivity index (χ0) is 13.7. The molecule has 0 spiro atoms. The topological polar surface area (TPSA) is 78.6 Å². The lowest BCUT2D eigenvalue weighted by Gasteiger charge is -2.38. The van der Waals surface area contributed by atoms with Crippen molar-refractivity contribution in [1.82, 2.24) is 10.2 Å². The van der Waals surface area contributed by atoms with Crippen LogP contribution in [0.1, 0.15) is 32.1 Å². The van der Waals surface area contributed by atoms with Crippen LogP contribution in [-0.4, -0.2) is 54.7 Å². The van der Waals surface area contributed by atoms with Crippen molar-refractivity contribution in [1.29, 1.82) is 0 Å². The fraction of sp³-hybridized carbons (Fsp3) is 0.929. The summed E-state index contributed by atoms with van der Waals surface area (Å²) in [6.07, 6.45) is 6.05. The summed E-state index contributed by atoms with van der Waals surface area (Å²) in [7, 11) is 0. The number of primary amides is 1. The largest absolute Gasteiger partial charge is 0.396 e. The van der Waals surface area contributed by atoms with Gasteiger partial charge >= 0.3 is 0 Å². The van der Waals surface area contributed by atoms with Crippen molar-refractivity contribution in [3.05, 3.63) is 0 Å². The van der Waals surface area contributed by atoms with Gasteiger partial charge in [-0.25, -0.2) is 0 Å². The Morgan fingerprint density at radius 2 is 2.11 bits per heavy atom. The maximum Gasteiger partial charge on any atom is 0.231 e. The molecule has 0 aromatic rings. The molecule has 1 aliphatic carbocycles. The molecular formula is C14H27N3O2. The zero-order valence-electron chi connectivity index (χ0n) is 11.7. The summed E-state index contributed by atoms with van der Waals surface area (Å²) in [5.74, 6) is 1.38. The van der Waals surface area contributed by atoms with Gasteiger partial charge < -0.3 is 16.2 Å². The number of carbonyl (C=O) groups is 1. The maximum atomic E-state index is 11.1. The molecule has 0 aromatic carbocycles. The first kappa shape index (κ1) is 14.8. The first-order chi connectivity index (χ1) is 9.17. The molecule has 1 saturated carbocycles. The summed E-state index contributed by atoms with van der Waals surface area (Å²) in [4.78, 5) is 13.3. The summed E-state index contributed by atoms with van der Waals surface area (Å²) in [5, 5.41) is 12.3. The van der Waals surface area contributed by atoms with Crippen LogP contribution in [0.3, 0.4) is 0 Å². The predicted octanol–water partition coefficient (Wildman–Crippen LogP) is -0.0657. The van der Waals surface area contributed by atoms with Gasteiger partial charge in [0.15, 0.2) is 0 Å². The Balaban J connectivity index is 1.81. The number of nitrogens with one attached hydrogen (secondary N) is 1. The third-order valence-corrected chi connectivity index (χ3v) is 4.12. The molecular weight excluding hydrogens is 242 g/mol. The minimum absolute atomic E-state index is 0.232. The van der Waals surface area contributed by atoms with Crippen LogP contribution in [0.4, 0.5) is 0 Å². The Morgan fingerprint density at radius 1 is 1.32 bits per heavy atom. The number of nitrogens with zero attached hydrogens (tertiary/aromatic N) is 1. The quantitative estimate of drug-likeness (QED) is 0.539. The fourth-order valence-electron chi connectivity index (χ4n) is 3.18. The third-order valence-electron chi connectivity index (χ3n) is 4.12. The molecule has 110 valence electrons. The van der Waals surface area contributed by atoms with E-state index < -0.39 is 0 Å². The molecule has 0 aromatic heterocycles. The van der Waals surface area contributed by atoms with Crippen molar-refractivity contribution in [3.63, 3.8) is 0 Å². The van der Waals surface area contributed by atoms with Gasteiger partial charge in [0.05, 0.1) is 6.54 Å². The van der Waals surface area contributed by atoms with Crippen molar-refractivity contribution in [3.8, 4) is 0 Å². The summed E-state index contributed by atoms with van der Waals surface area (Å²) in [6, 6.07) is 0.434. The highest BCUT2D eigenvalue weighted by Gasteiger charge is 2.32. The first-order valence-electron chi connectivity index (χ1n) is 7.52. The van der Waals surface area contributed by atoms with Gasteiger partial charge in [0.2, 0.25) is 5.91 Å². The molecule has 5 nitrogen and oxygen atoms in total. The smallest absolute Gasteiger partial charge is 0.231 e. The van der Waals surface area contributed by atoms with E-state index in [4.69, 9.17) is 10.8 Å². The molecule has 2 rings (SSSR count). The molecule has 4 N–H and O–H groups in total. The Labute approximate surface area is 115 Å². The van der Waals surface area contributed by atoms with Crippen LogP contribution in [0.5, 0.6) is 0 Å². The molecule has 2 unspecified atom stereocenters. The van der Waals surface area contributed by atoms with Crippen molar-refractivity contribution in [2.45, 2.75) is 38.1 Å². The number of likely N-dealkylation sites (tertiary alicyclic amines) is 1. The number of aliphatic hydroxyl groups is 1.